The van der Waals surface area contributed by atoms with Crippen molar-refractivity contribution in [2.75, 3.05) is 37.6 Å². The average molecular weight is 261 g/mol. The molecule has 1 aliphatic rings. The zero-order valence-electron chi connectivity index (χ0n) is 12.8. The molecule has 1 aromatic heterocycles. The minimum Gasteiger partial charge on any atom is -0.354 e. The van der Waals surface area contributed by atoms with E-state index in [0.29, 0.717) is 5.41 Å². The van der Waals surface area contributed by atoms with Crippen LogP contribution in [0.1, 0.15) is 33.3 Å². The molecule has 0 N–H and O–H groups in total. The Morgan fingerprint density at radius 1 is 1.16 bits per heavy atom. The Balaban J connectivity index is 2.03. The second-order valence-corrected chi connectivity index (χ2v) is 6.68. The lowest BCUT2D eigenvalue weighted by molar-refractivity contribution is 0.270. The maximum Gasteiger partial charge on any atom is 0.128 e. The summed E-state index contributed by atoms with van der Waals surface area (Å²) in [6.07, 6.45) is 3.07. The molecule has 0 atom stereocenters. The lowest BCUT2D eigenvalue weighted by atomic mass is 9.88. The van der Waals surface area contributed by atoms with Crippen LogP contribution < -0.4 is 4.90 Å². The molecule has 1 aliphatic heterocycles. The number of piperazine rings is 1. The largest absolute Gasteiger partial charge is 0.354 e. The SMILES string of the molecule is CCN1CCN(c2cc(CC(C)(C)C)ccn2)CC1. The van der Waals surface area contributed by atoms with Crippen LogP contribution in [0.15, 0.2) is 18.3 Å². The lowest BCUT2D eigenvalue weighted by Gasteiger charge is -2.35. The van der Waals surface area contributed by atoms with Crippen molar-refractivity contribution in [3.05, 3.63) is 23.9 Å². The number of pyridine rings is 1. The molecule has 0 radical (unpaired) electrons. The quantitative estimate of drug-likeness (QED) is 0.834. The van der Waals surface area contributed by atoms with E-state index >= 15 is 0 Å². The minimum absolute atomic E-state index is 0.333. The van der Waals surface area contributed by atoms with Gasteiger partial charge in [0.15, 0.2) is 0 Å². The van der Waals surface area contributed by atoms with E-state index in [1.807, 2.05) is 6.20 Å². The zero-order chi connectivity index (χ0) is 13.9. The van der Waals surface area contributed by atoms with E-state index in [9.17, 15) is 0 Å². The van der Waals surface area contributed by atoms with Crippen molar-refractivity contribution in [1.82, 2.24) is 9.88 Å². The van der Waals surface area contributed by atoms with E-state index < -0.39 is 0 Å². The Labute approximate surface area is 117 Å². The number of anilines is 1. The summed E-state index contributed by atoms with van der Waals surface area (Å²) >= 11 is 0. The van der Waals surface area contributed by atoms with E-state index in [2.05, 4.69) is 54.6 Å². The number of likely N-dealkylation sites (N-methyl/N-ethyl adjacent to an activating group) is 1. The molecule has 1 fully saturated rings. The van der Waals surface area contributed by atoms with Crippen molar-refractivity contribution in [3.63, 3.8) is 0 Å². The van der Waals surface area contributed by atoms with Gasteiger partial charge in [-0.2, -0.15) is 0 Å². The van der Waals surface area contributed by atoms with Gasteiger partial charge in [-0.05, 0) is 36.1 Å². The molecule has 0 aliphatic carbocycles. The van der Waals surface area contributed by atoms with Crippen molar-refractivity contribution in [3.8, 4) is 0 Å². The highest BCUT2D eigenvalue weighted by Gasteiger charge is 2.18. The van der Waals surface area contributed by atoms with Crippen LogP contribution in [0.3, 0.4) is 0 Å². The van der Waals surface area contributed by atoms with Crippen molar-refractivity contribution in [1.29, 1.82) is 0 Å². The van der Waals surface area contributed by atoms with Gasteiger partial charge in [-0.15, -0.1) is 0 Å². The van der Waals surface area contributed by atoms with Crippen LogP contribution >= 0.6 is 0 Å². The Hall–Kier alpha value is -1.09. The fourth-order valence-corrected chi connectivity index (χ4v) is 2.65. The van der Waals surface area contributed by atoms with Gasteiger partial charge in [0.1, 0.15) is 5.82 Å². The summed E-state index contributed by atoms with van der Waals surface area (Å²) in [7, 11) is 0. The standard InChI is InChI=1S/C16H27N3/c1-5-18-8-10-19(11-9-18)15-12-14(6-7-17-15)13-16(2,3)4/h6-7,12H,5,8-11,13H2,1-4H3. The summed E-state index contributed by atoms with van der Waals surface area (Å²) in [5.41, 5.74) is 1.73. The molecule has 0 unspecified atom stereocenters. The van der Waals surface area contributed by atoms with Gasteiger partial charge < -0.3 is 9.80 Å². The van der Waals surface area contributed by atoms with Crippen LogP contribution in [-0.2, 0) is 6.42 Å². The molecular weight excluding hydrogens is 234 g/mol. The van der Waals surface area contributed by atoms with Gasteiger partial charge in [-0.25, -0.2) is 4.98 Å². The minimum atomic E-state index is 0.333. The third-order valence-corrected chi connectivity index (χ3v) is 3.69. The third-order valence-electron chi connectivity index (χ3n) is 3.69. The van der Waals surface area contributed by atoms with E-state index in [4.69, 9.17) is 0 Å². The first-order valence-electron chi connectivity index (χ1n) is 7.40. The molecule has 106 valence electrons. The molecule has 3 nitrogen and oxygen atoms in total. The van der Waals surface area contributed by atoms with Crippen molar-refractivity contribution < 1.29 is 0 Å². The van der Waals surface area contributed by atoms with Crippen LogP contribution in [0.4, 0.5) is 5.82 Å². The summed E-state index contributed by atoms with van der Waals surface area (Å²) in [5.74, 6) is 1.15. The molecule has 0 aromatic carbocycles. The molecule has 0 spiro atoms. The van der Waals surface area contributed by atoms with Crippen LogP contribution in [0.2, 0.25) is 0 Å². The normalized spacial score (nSPS) is 17.8. The predicted molar refractivity (Wildman–Crippen MR) is 81.7 cm³/mol. The Morgan fingerprint density at radius 2 is 1.84 bits per heavy atom. The fourth-order valence-electron chi connectivity index (χ4n) is 2.65. The van der Waals surface area contributed by atoms with Gasteiger partial charge >= 0.3 is 0 Å². The van der Waals surface area contributed by atoms with E-state index in [-0.39, 0.29) is 0 Å². The fraction of sp³-hybridized carbons (Fsp3) is 0.688. The first kappa shape index (κ1) is 14.3. The Kier molecular flexibility index (Phi) is 4.46. The summed E-state index contributed by atoms with van der Waals surface area (Å²) < 4.78 is 0. The molecule has 1 saturated heterocycles. The monoisotopic (exact) mass is 261 g/mol. The van der Waals surface area contributed by atoms with E-state index in [0.717, 1.165) is 45.0 Å². The van der Waals surface area contributed by atoms with Crippen LogP contribution in [0.5, 0.6) is 0 Å². The van der Waals surface area contributed by atoms with Crippen LogP contribution in [0, 0.1) is 5.41 Å². The first-order chi connectivity index (χ1) is 8.98. The number of hydrogen-bond donors (Lipinski definition) is 0. The molecule has 0 amide bonds. The Morgan fingerprint density at radius 3 is 2.42 bits per heavy atom. The third kappa shape index (κ3) is 4.20. The van der Waals surface area contributed by atoms with E-state index in [1.54, 1.807) is 0 Å². The van der Waals surface area contributed by atoms with Crippen LogP contribution in [0.25, 0.3) is 0 Å². The summed E-state index contributed by atoms with van der Waals surface area (Å²) in [6.45, 7) is 14.7. The maximum absolute atomic E-state index is 4.55. The highest BCUT2D eigenvalue weighted by atomic mass is 15.3. The summed E-state index contributed by atoms with van der Waals surface area (Å²) in [6, 6.07) is 4.42. The molecular formula is C16H27N3. The van der Waals surface area contributed by atoms with E-state index in [1.165, 1.54) is 5.56 Å². The number of nitrogens with zero attached hydrogens (tertiary/aromatic N) is 3. The van der Waals surface area contributed by atoms with Gasteiger partial charge in [-0.1, -0.05) is 27.7 Å². The summed E-state index contributed by atoms with van der Waals surface area (Å²) in [4.78, 5) is 9.46. The second kappa shape index (κ2) is 5.91. The van der Waals surface area contributed by atoms with Gasteiger partial charge in [0.2, 0.25) is 0 Å². The molecule has 1 aromatic rings. The van der Waals surface area contributed by atoms with Crippen molar-refractivity contribution in [2.24, 2.45) is 5.41 Å². The topological polar surface area (TPSA) is 19.4 Å². The van der Waals surface area contributed by atoms with Gasteiger partial charge in [-0.3, -0.25) is 0 Å². The van der Waals surface area contributed by atoms with Gasteiger partial charge in [0.05, 0.1) is 0 Å². The van der Waals surface area contributed by atoms with Crippen LogP contribution in [-0.4, -0.2) is 42.6 Å². The predicted octanol–water partition coefficient (Wildman–Crippen LogP) is 2.81. The zero-order valence-corrected chi connectivity index (χ0v) is 12.8. The molecule has 2 rings (SSSR count). The number of aromatic nitrogens is 1. The average Bonchev–Trinajstić information content (AvgIpc) is 2.37. The molecule has 3 heteroatoms. The maximum atomic E-state index is 4.55. The Bertz CT molecular complexity index is 401. The number of hydrogen-bond acceptors (Lipinski definition) is 3. The highest BCUT2D eigenvalue weighted by molar-refractivity contribution is 5.41. The highest BCUT2D eigenvalue weighted by Crippen LogP contribution is 2.23. The lowest BCUT2D eigenvalue weighted by Crippen LogP contribution is -2.46. The molecule has 0 bridgehead atoms. The van der Waals surface area contributed by atoms with Gasteiger partial charge in [0.25, 0.3) is 0 Å². The van der Waals surface area contributed by atoms with Gasteiger partial charge in [0, 0.05) is 32.4 Å². The summed E-state index contributed by atoms with van der Waals surface area (Å²) in [5, 5.41) is 0. The second-order valence-electron chi connectivity index (χ2n) is 6.68. The molecule has 0 saturated carbocycles. The molecule has 2 heterocycles. The first-order valence-corrected chi connectivity index (χ1v) is 7.40. The number of rotatable bonds is 3. The smallest absolute Gasteiger partial charge is 0.128 e. The van der Waals surface area contributed by atoms with Crippen molar-refractivity contribution in [2.45, 2.75) is 34.1 Å². The molecule has 19 heavy (non-hydrogen) atoms. The van der Waals surface area contributed by atoms with Crippen molar-refractivity contribution >= 4 is 5.82 Å².